The third kappa shape index (κ3) is 2.06. The average molecular weight is 411 g/mol. The predicted octanol–water partition coefficient (Wildman–Crippen LogP) is 3.31. The summed E-state index contributed by atoms with van der Waals surface area (Å²) in [5.74, 6) is -1.24. The number of rotatable bonds is 2. The normalized spacial score (nSPS) is 37.7. The van der Waals surface area contributed by atoms with Gasteiger partial charge in [-0.1, -0.05) is 41.0 Å². The molecule has 0 spiro atoms. The maximum atomic E-state index is 13.3. The summed E-state index contributed by atoms with van der Waals surface area (Å²) in [6.45, 7) is 9.27. The maximum absolute atomic E-state index is 13.3. The van der Waals surface area contributed by atoms with Gasteiger partial charge in [0.15, 0.2) is 11.6 Å². The van der Waals surface area contributed by atoms with Crippen molar-refractivity contribution in [3.8, 4) is 0 Å². The summed E-state index contributed by atoms with van der Waals surface area (Å²) in [4.78, 5) is 26.5. The number of carbonyl (C=O) groups is 2. The molecule has 0 saturated heterocycles. The highest BCUT2D eigenvalue weighted by Crippen LogP contribution is 2.67. The summed E-state index contributed by atoms with van der Waals surface area (Å²) >= 11 is 3.36. The topological polar surface area (TPSA) is 74.6 Å². The third-order valence-corrected chi connectivity index (χ3v) is 7.72. The van der Waals surface area contributed by atoms with Gasteiger partial charge in [-0.3, -0.25) is 9.59 Å². The first kappa shape index (κ1) is 19.0. The number of halogens is 1. The molecule has 0 bridgehead atoms. The Balaban J connectivity index is 2.31. The Bertz CT molecular complexity index is 730. The standard InChI is InChI=1S/C20H27BrO4/c1-10(2)12-15(21)17(24)14-13(16(12)23)11(9-22)20(25)18(3,4)7-6-8-19(14,20)5/h10-11,22,25H,6-9H2,1-5H3/t11-,19+,20+/m0/s1. The van der Waals surface area contributed by atoms with E-state index in [1.165, 1.54) is 0 Å². The minimum absolute atomic E-state index is 0.114. The van der Waals surface area contributed by atoms with Crippen LogP contribution in [0.5, 0.6) is 0 Å². The minimum Gasteiger partial charge on any atom is -0.396 e. The van der Waals surface area contributed by atoms with E-state index in [-0.39, 0.29) is 24.1 Å². The second kappa shape index (κ2) is 5.61. The van der Waals surface area contributed by atoms with Crippen molar-refractivity contribution in [1.82, 2.24) is 0 Å². The lowest BCUT2D eigenvalue weighted by molar-refractivity contribution is -0.191. The number of hydrogen-bond acceptors (Lipinski definition) is 4. The summed E-state index contributed by atoms with van der Waals surface area (Å²) in [7, 11) is 0. The second-order valence-electron chi connectivity index (χ2n) is 8.90. The molecule has 3 aliphatic rings. The average Bonchev–Trinajstić information content (AvgIpc) is 2.71. The monoisotopic (exact) mass is 410 g/mol. The van der Waals surface area contributed by atoms with E-state index in [1.807, 2.05) is 34.6 Å². The Morgan fingerprint density at radius 3 is 2.28 bits per heavy atom. The largest absolute Gasteiger partial charge is 0.396 e. The van der Waals surface area contributed by atoms with E-state index < -0.39 is 22.3 Å². The van der Waals surface area contributed by atoms with E-state index in [2.05, 4.69) is 15.9 Å². The minimum atomic E-state index is -1.32. The summed E-state index contributed by atoms with van der Waals surface area (Å²) in [5.41, 5.74) is -1.43. The maximum Gasteiger partial charge on any atom is 0.197 e. The van der Waals surface area contributed by atoms with Gasteiger partial charge in [-0.05, 0) is 40.1 Å². The van der Waals surface area contributed by atoms with E-state index in [0.717, 1.165) is 12.8 Å². The van der Waals surface area contributed by atoms with E-state index in [0.29, 0.717) is 27.6 Å². The van der Waals surface area contributed by atoms with Gasteiger partial charge in [0.1, 0.15) is 0 Å². The van der Waals surface area contributed by atoms with Crippen molar-refractivity contribution in [2.75, 3.05) is 6.61 Å². The number of fused-ring (bicyclic) bond motifs is 2. The van der Waals surface area contributed by atoms with Crippen molar-refractivity contribution in [2.45, 2.75) is 59.5 Å². The van der Waals surface area contributed by atoms with Crippen molar-refractivity contribution >= 4 is 27.5 Å². The molecule has 0 aromatic heterocycles. The summed E-state index contributed by atoms with van der Waals surface area (Å²) in [6.07, 6.45) is 2.31. The molecule has 3 aliphatic carbocycles. The van der Waals surface area contributed by atoms with Crippen LogP contribution in [0, 0.1) is 22.7 Å². The fourth-order valence-corrected chi connectivity index (χ4v) is 6.56. The van der Waals surface area contributed by atoms with Crippen molar-refractivity contribution in [2.24, 2.45) is 22.7 Å². The molecule has 3 atom stereocenters. The van der Waals surface area contributed by atoms with Crippen molar-refractivity contribution in [1.29, 1.82) is 0 Å². The van der Waals surface area contributed by atoms with Crippen LogP contribution in [0.1, 0.15) is 53.9 Å². The lowest BCUT2D eigenvalue weighted by Gasteiger charge is -2.57. The van der Waals surface area contributed by atoms with Gasteiger partial charge in [0.05, 0.1) is 16.7 Å². The third-order valence-electron chi connectivity index (χ3n) is 6.94. The van der Waals surface area contributed by atoms with Gasteiger partial charge in [-0.15, -0.1) is 0 Å². The van der Waals surface area contributed by atoms with Crippen LogP contribution in [0.25, 0.3) is 0 Å². The van der Waals surface area contributed by atoms with Gasteiger partial charge in [0.25, 0.3) is 0 Å². The number of aliphatic hydroxyl groups excluding tert-OH is 1. The van der Waals surface area contributed by atoms with Gasteiger partial charge >= 0.3 is 0 Å². The van der Waals surface area contributed by atoms with E-state index in [1.54, 1.807) is 0 Å². The highest BCUT2D eigenvalue weighted by atomic mass is 79.9. The predicted molar refractivity (Wildman–Crippen MR) is 99.1 cm³/mol. The quantitative estimate of drug-likeness (QED) is 0.684. The highest BCUT2D eigenvalue weighted by molar-refractivity contribution is 9.12. The van der Waals surface area contributed by atoms with Crippen LogP contribution in [-0.4, -0.2) is 34.0 Å². The molecule has 25 heavy (non-hydrogen) atoms. The number of allylic oxidation sites excluding steroid dienone is 2. The Labute approximate surface area is 157 Å². The fourth-order valence-electron chi connectivity index (χ4n) is 5.72. The number of ketones is 2. The van der Waals surface area contributed by atoms with Crippen LogP contribution in [-0.2, 0) is 9.59 Å². The zero-order chi connectivity index (χ0) is 18.9. The zero-order valence-electron chi connectivity index (χ0n) is 15.6. The van der Waals surface area contributed by atoms with E-state index in [4.69, 9.17) is 0 Å². The lowest BCUT2D eigenvalue weighted by atomic mass is 9.50. The van der Waals surface area contributed by atoms with E-state index in [9.17, 15) is 19.8 Å². The molecular formula is C20H27BrO4. The van der Waals surface area contributed by atoms with Gasteiger partial charge in [0, 0.05) is 28.1 Å². The first-order valence-corrected chi connectivity index (χ1v) is 9.82. The molecule has 0 aliphatic heterocycles. The first-order chi connectivity index (χ1) is 11.5. The Morgan fingerprint density at radius 2 is 1.76 bits per heavy atom. The molecule has 0 heterocycles. The van der Waals surface area contributed by atoms with E-state index >= 15 is 0 Å². The fraction of sp³-hybridized carbons (Fsp3) is 0.700. The van der Waals surface area contributed by atoms with Crippen LogP contribution < -0.4 is 0 Å². The molecule has 1 saturated carbocycles. The SMILES string of the molecule is CC(C)C1=C(Br)C(=O)C2=C(C1=O)[C@H](CO)[C@@]1(O)C(C)(C)CCC[C@]21C. The van der Waals surface area contributed by atoms with Crippen molar-refractivity contribution in [3.05, 3.63) is 21.2 Å². The molecule has 4 nitrogen and oxygen atoms in total. The molecule has 5 heteroatoms. The molecule has 3 rings (SSSR count). The second-order valence-corrected chi connectivity index (χ2v) is 9.69. The molecule has 1 fully saturated rings. The smallest absolute Gasteiger partial charge is 0.197 e. The number of carbonyl (C=O) groups excluding carboxylic acids is 2. The summed E-state index contributed by atoms with van der Waals surface area (Å²) < 4.78 is 0.316. The van der Waals surface area contributed by atoms with Crippen LogP contribution in [0.15, 0.2) is 21.2 Å². The Kier molecular flexibility index (Phi) is 4.26. The van der Waals surface area contributed by atoms with Gasteiger partial charge in [-0.25, -0.2) is 0 Å². The molecule has 2 N–H and O–H groups in total. The molecule has 138 valence electrons. The zero-order valence-corrected chi connectivity index (χ0v) is 17.2. The number of Topliss-reactive ketones (excluding diaryl/α,β-unsaturated/α-hetero) is 2. The summed E-state index contributed by atoms with van der Waals surface area (Å²) in [5, 5.41) is 22.1. The highest BCUT2D eigenvalue weighted by Gasteiger charge is 2.70. The molecule has 0 unspecified atom stereocenters. The van der Waals surface area contributed by atoms with Crippen molar-refractivity contribution in [3.63, 3.8) is 0 Å². The molecule has 0 aromatic rings. The first-order valence-electron chi connectivity index (χ1n) is 9.02. The van der Waals surface area contributed by atoms with Gasteiger partial charge in [-0.2, -0.15) is 0 Å². The van der Waals surface area contributed by atoms with Gasteiger partial charge < -0.3 is 10.2 Å². The number of aliphatic hydroxyl groups is 2. The Hall–Kier alpha value is -0.780. The molecule has 0 amide bonds. The molecule has 0 radical (unpaired) electrons. The summed E-state index contributed by atoms with van der Waals surface area (Å²) in [6, 6.07) is 0. The lowest BCUT2D eigenvalue weighted by Crippen LogP contribution is -2.62. The Morgan fingerprint density at radius 1 is 1.16 bits per heavy atom. The van der Waals surface area contributed by atoms with Gasteiger partial charge in [0.2, 0.25) is 0 Å². The molecule has 0 aromatic carbocycles. The van der Waals surface area contributed by atoms with Crippen LogP contribution in [0.3, 0.4) is 0 Å². The van der Waals surface area contributed by atoms with Crippen LogP contribution >= 0.6 is 15.9 Å². The van der Waals surface area contributed by atoms with Crippen LogP contribution in [0.2, 0.25) is 0 Å². The van der Waals surface area contributed by atoms with Crippen molar-refractivity contribution < 1.29 is 19.8 Å². The molecular weight excluding hydrogens is 384 g/mol. The van der Waals surface area contributed by atoms with Crippen LogP contribution in [0.4, 0.5) is 0 Å². The number of hydrogen-bond donors (Lipinski definition) is 2.